The minimum atomic E-state index is -1.25. The second kappa shape index (κ2) is 5.50. The van der Waals surface area contributed by atoms with Crippen LogP contribution in [-0.4, -0.2) is 28.6 Å². The average molecular weight is 214 g/mol. The molecule has 0 radical (unpaired) electrons. The Balaban J connectivity index is 4.49. The Labute approximate surface area is 89.3 Å². The number of nitrogens with two attached hydrogens (primary N) is 1. The topological polar surface area (TPSA) is 92.4 Å². The zero-order valence-corrected chi connectivity index (χ0v) is 9.12. The third kappa shape index (κ3) is 3.71. The molecular formula is C10H18N2O3. The van der Waals surface area contributed by atoms with E-state index >= 15 is 0 Å². The monoisotopic (exact) mass is 214 g/mol. The molecule has 0 saturated carbocycles. The molecule has 0 fully saturated rings. The fraction of sp³-hybridized carbons (Fsp3) is 0.600. The second-order valence-electron chi connectivity index (χ2n) is 3.61. The first kappa shape index (κ1) is 13.6. The molecule has 15 heavy (non-hydrogen) atoms. The molecule has 5 heteroatoms. The molecule has 0 aliphatic rings. The van der Waals surface area contributed by atoms with Crippen LogP contribution >= 0.6 is 0 Å². The van der Waals surface area contributed by atoms with Gasteiger partial charge in [-0.25, -0.2) is 4.79 Å². The van der Waals surface area contributed by atoms with Crippen LogP contribution in [0.1, 0.15) is 26.7 Å². The van der Waals surface area contributed by atoms with Gasteiger partial charge in [-0.3, -0.25) is 4.79 Å². The van der Waals surface area contributed by atoms with Gasteiger partial charge in [0, 0.05) is 0 Å². The Bertz CT molecular complexity index is 265. The van der Waals surface area contributed by atoms with E-state index in [1.54, 1.807) is 6.92 Å². The van der Waals surface area contributed by atoms with Gasteiger partial charge in [-0.2, -0.15) is 0 Å². The molecule has 0 bridgehead atoms. The maximum atomic E-state index is 11.5. The number of carboxylic acid groups (broad SMARTS) is 1. The largest absolute Gasteiger partial charge is 0.480 e. The molecular weight excluding hydrogens is 196 g/mol. The van der Waals surface area contributed by atoms with E-state index in [1.807, 2.05) is 0 Å². The van der Waals surface area contributed by atoms with Crippen molar-refractivity contribution in [2.75, 3.05) is 0 Å². The number of carbonyl (C=O) groups excluding carboxylic acids is 1. The van der Waals surface area contributed by atoms with E-state index < -0.39 is 23.5 Å². The smallest absolute Gasteiger partial charge is 0.329 e. The summed E-state index contributed by atoms with van der Waals surface area (Å²) in [5.41, 5.74) is 4.26. The number of nitrogens with one attached hydrogen (secondary N) is 1. The summed E-state index contributed by atoms with van der Waals surface area (Å²) in [6.07, 6.45) is 2.15. The van der Waals surface area contributed by atoms with Crippen molar-refractivity contribution in [3.8, 4) is 0 Å². The lowest BCUT2D eigenvalue weighted by Crippen LogP contribution is -2.56. The van der Waals surface area contributed by atoms with Crippen molar-refractivity contribution in [2.24, 2.45) is 5.73 Å². The van der Waals surface area contributed by atoms with Crippen LogP contribution in [0.25, 0.3) is 0 Å². The Morgan fingerprint density at radius 1 is 1.67 bits per heavy atom. The summed E-state index contributed by atoms with van der Waals surface area (Å²) >= 11 is 0. The first-order valence-electron chi connectivity index (χ1n) is 4.79. The highest BCUT2D eigenvalue weighted by molar-refractivity contribution is 5.89. The van der Waals surface area contributed by atoms with Gasteiger partial charge >= 0.3 is 5.97 Å². The zero-order chi connectivity index (χ0) is 12.1. The maximum absolute atomic E-state index is 11.5. The number of carbonyl (C=O) groups is 2. The number of hydrogen-bond donors (Lipinski definition) is 3. The Kier molecular flexibility index (Phi) is 5.00. The van der Waals surface area contributed by atoms with Crippen molar-refractivity contribution in [1.82, 2.24) is 5.32 Å². The van der Waals surface area contributed by atoms with Crippen LogP contribution in [-0.2, 0) is 9.59 Å². The number of amides is 1. The van der Waals surface area contributed by atoms with Gasteiger partial charge in [0.1, 0.15) is 5.54 Å². The number of aliphatic carboxylic acids is 1. The second-order valence-corrected chi connectivity index (χ2v) is 3.61. The van der Waals surface area contributed by atoms with E-state index in [0.29, 0.717) is 12.8 Å². The summed E-state index contributed by atoms with van der Waals surface area (Å²) in [5, 5.41) is 11.3. The van der Waals surface area contributed by atoms with Crippen molar-refractivity contribution in [3.05, 3.63) is 12.7 Å². The van der Waals surface area contributed by atoms with Crippen molar-refractivity contribution in [3.63, 3.8) is 0 Å². The average Bonchev–Trinajstić information content (AvgIpc) is 2.17. The number of carboxylic acids is 1. The summed E-state index contributed by atoms with van der Waals surface area (Å²) in [6, 6.07) is -0.743. The highest BCUT2D eigenvalue weighted by Gasteiger charge is 2.33. The highest BCUT2D eigenvalue weighted by Crippen LogP contribution is 2.09. The van der Waals surface area contributed by atoms with Crippen molar-refractivity contribution in [1.29, 1.82) is 0 Å². The molecule has 0 aliphatic carbocycles. The normalized spacial score (nSPS) is 16.2. The number of hydrogen-bond acceptors (Lipinski definition) is 3. The molecule has 0 aromatic rings. The van der Waals surface area contributed by atoms with E-state index in [1.165, 1.54) is 13.0 Å². The predicted octanol–water partition coefficient (Wildman–Crippen LogP) is 0.259. The molecule has 0 saturated heterocycles. The zero-order valence-electron chi connectivity index (χ0n) is 9.12. The van der Waals surface area contributed by atoms with Gasteiger partial charge < -0.3 is 16.2 Å². The molecule has 0 heterocycles. The molecule has 2 unspecified atom stereocenters. The lowest BCUT2D eigenvalue weighted by molar-refractivity contribution is -0.147. The van der Waals surface area contributed by atoms with Gasteiger partial charge in [0.05, 0.1) is 6.04 Å². The van der Waals surface area contributed by atoms with Gasteiger partial charge in [-0.15, -0.1) is 6.58 Å². The van der Waals surface area contributed by atoms with E-state index in [9.17, 15) is 9.59 Å². The lowest BCUT2D eigenvalue weighted by atomic mass is 9.98. The van der Waals surface area contributed by atoms with Crippen LogP contribution in [0.4, 0.5) is 0 Å². The first-order valence-corrected chi connectivity index (χ1v) is 4.79. The molecule has 0 rings (SSSR count). The van der Waals surface area contributed by atoms with Crippen LogP contribution in [0, 0.1) is 0 Å². The van der Waals surface area contributed by atoms with Gasteiger partial charge in [0.25, 0.3) is 0 Å². The summed E-state index contributed by atoms with van der Waals surface area (Å²) in [4.78, 5) is 22.4. The van der Waals surface area contributed by atoms with Gasteiger partial charge in [-0.1, -0.05) is 13.0 Å². The van der Waals surface area contributed by atoms with Crippen molar-refractivity contribution < 1.29 is 14.7 Å². The van der Waals surface area contributed by atoms with Gasteiger partial charge in [-0.05, 0) is 19.8 Å². The van der Waals surface area contributed by atoms with Gasteiger partial charge in [0.15, 0.2) is 0 Å². The highest BCUT2D eigenvalue weighted by atomic mass is 16.4. The van der Waals surface area contributed by atoms with Gasteiger partial charge in [0.2, 0.25) is 5.91 Å². The molecule has 0 aromatic carbocycles. The Hall–Kier alpha value is -1.36. The molecule has 86 valence electrons. The summed E-state index contributed by atoms with van der Waals surface area (Å²) < 4.78 is 0. The molecule has 2 atom stereocenters. The Morgan fingerprint density at radius 2 is 2.20 bits per heavy atom. The van der Waals surface area contributed by atoms with Crippen molar-refractivity contribution in [2.45, 2.75) is 38.3 Å². The van der Waals surface area contributed by atoms with E-state index in [0.717, 1.165) is 0 Å². The van der Waals surface area contributed by atoms with E-state index in [4.69, 9.17) is 10.8 Å². The minimum absolute atomic E-state index is 0.300. The predicted molar refractivity (Wildman–Crippen MR) is 57.3 cm³/mol. The fourth-order valence-electron chi connectivity index (χ4n) is 0.944. The minimum Gasteiger partial charge on any atom is -0.480 e. The third-order valence-corrected chi connectivity index (χ3v) is 2.34. The molecule has 0 spiro atoms. The first-order chi connectivity index (χ1) is 6.87. The SMILES string of the molecule is C=CCC(N)C(=O)NC(C)(CC)C(=O)O. The van der Waals surface area contributed by atoms with Crippen LogP contribution < -0.4 is 11.1 Å². The third-order valence-electron chi connectivity index (χ3n) is 2.34. The number of rotatable bonds is 6. The standard InChI is InChI=1S/C10H18N2O3/c1-4-6-7(11)8(13)12-10(3,5-2)9(14)15/h4,7H,1,5-6,11H2,2-3H3,(H,12,13)(H,14,15). The quantitative estimate of drug-likeness (QED) is 0.553. The molecule has 1 amide bonds. The van der Waals surface area contributed by atoms with E-state index in [2.05, 4.69) is 11.9 Å². The summed E-state index contributed by atoms with van der Waals surface area (Å²) in [6.45, 7) is 6.60. The van der Waals surface area contributed by atoms with Crippen molar-refractivity contribution >= 4 is 11.9 Å². The van der Waals surface area contributed by atoms with Crippen LogP contribution in [0.5, 0.6) is 0 Å². The summed E-state index contributed by atoms with van der Waals surface area (Å²) in [7, 11) is 0. The Morgan fingerprint density at radius 3 is 2.53 bits per heavy atom. The fourth-order valence-corrected chi connectivity index (χ4v) is 0.944. The van der Waals surface area contributed by atoms with E-state index in [-0.39, 0.29) is 0 Å². The molecule has 0 aromatic heterocycles. The van der Waals surface area contributed by atoms with Crippen LogP contribution in [0.2, 0.25) is 0 Å². The molecule has 5 nitrogen and oxygen atoms in total. The van der Waals surface area contributed by atoms with Crippen LogP contribution in [0.3, 0.4) is 0 Å². The lowest BCUT2D eigenvalue weighted by Gasteiger charge is -2.26. The molecule has 4 N–H and O–H groups in total. The van der Waals surface area contributed by atoms with Crippen LogP contribution in [0.15, 0.2) is 12.7 Å². The maximum Gasteiger partial charge on any atom is 0.329 e. The molecule has 0 aliphatic heterocycles. The summed E-state index contributed by atoms with van der Waals surface area (Å²) in [5.74, 6) is -1.54.